The van der Waals surface area contributed by atoms with E-state index in [4.69, 9.17) is 19.2 Å². The van der Waals surface area contributed by atoms with Crippen molar-refractivity contribution in [1.29, 1.82) is 5.26 Å². The zero-order chi connectivity index (χ0) is 25.1. The Morgan fingerprint density at radius 2 is 1.94 bits per heavy atom. The first-order valence-electron chi connectivity index (χ1n) is 12.1. The molecule has 184 valence electrons. The van der Waals surface area contributed by atoms with Crippen LogP contribution < -0.4 is 9.47 Å². The smallest absolute Gasteiger partial charge is 0.257 e. The number of benzene rings is 2. The van der Waals surface area contributed by atoms with E-state index in [-0.39, 0.29) is 12.0 Å². The van der Waals surface area contributed by atoms with Crippen LogP contribution >= 0.6 is 0 Å². The Bertz CT molecular complexity index is 1310. The zero-order valence-corrected chi connectivity index (χ0v) is 20.4. The second kappa shape index (κ2) is 10.3. The third-order valence-electron chi connectivity index (χ3n) is 6.60. The average Bonchev–Trinajstić information content (AvgIpc) is 3.71. The van der Waals surface area contributed by atoms with Crippen LogP contribution in [0.2, 0.25) is 0 Å². The van der Waals surface area contributed by atoms with Gasteiger partial charge in [0.15, 0.2) is 0 Å². The zero-order valence-electron chi connectivity index (χ0n) is 20.4. The van der Waals surface area contributed by atoms with Gasteiger partial charge in [0.1, 0.15) is 23.4 Å². The minimum atomic E-state index is -0.0668. The fourth-order valence-corrected chi connectivity index (χ4v) is 4.17. The molecule has 1 aliphatic carbocycles. The molecular weight excluding hydrogens is 456 g/mol. The molecule has 1 saturated carbocycles. The molecule has 0 unspecified atom stereocenters. The van der Waals surface area contributed by atoms with Crippen LogP contribution in [0.1, 0.15) is 40.2 Å². The van der Waals surface area contributed by atoms with Gasteiger partial charge in [-0.1, -0.05) is 6.07 Å². The molecule has 36 heavy (non-hydrogen) atoms. The summed E-state index contributed by atoms with van der Waals surface area (Å²) in [5, 5.41) is 9.60. The van der Waals surface area contributed by atoms with E-state index in [1.165, 1.54) is 12.8 Å². The van der Waals surface area contributed by atoms with Gasteiger partial charge in [0.25, 0.3) is 5.91 Å². The molecule has 3 aromatic rings. The number of amides is 1. The first kappa shape index (κ1) is 23.8. The highest BCUT2D eigenvalue weighted by atomic mass is 16.5. The number of carbonyl (C=O) groups excluding carboxylic acids is 1. The van der Waals surface area contributed by atoms with Crippen molar-refractivity contribution in [3.8, 4) is 28.8 Å². The molecule has 8 nitrogen and oxygen atoms in total. The first-order chi connectivity index (χ1) is 17.6. The molecule has 0 N–H and O–H groups in total. The fourth-order valence-electron chi connectivity index (χ4n) is 4.17. The second-order valence-corrected chi connectivity index (χ2v) is 9.21. The number of nitriles is 1. The highest BCUT2D eigenvalue weighted by Gasteiger charge is 2.32. The van der Waals surface area contributed by atoms with Crippen molar-refractivity contribution in [2.24, 2.45) is 5.92 Å². The number of hydrogen-bond donors (Lipinski definition) is 0. The Labute approximate surface area is 210 Å². The largest absolute Gasteiger partial charge is 0.496 e. The topological polar surface area (TPSA) is 97.6 Å². The minimum Gasteiger partial charge on any atom is -0.496 e. The lowest BCUT2D eigenvalue weighted by molar-refractivity contribution is -0.0193. The van der Waals surface area contributed by atoms with Crippen LogP contribution in [-0.4, -0.2) is 60.8 Å². The Balaban J connectivity index is 1.31. The summed E-state index contributed by atoms with van der Waals surface area (Å²) in [5.74, 6) is 2.31. The predicted molar refractivity (Wildman–Crippen MR) is 133 cm³/mol. The molecule has 8 heteroatoms. The highest BCUT2D eigenvalue weighted by Crippen LogP contribution is 2.32. The molecule has 2 heterocycles. The number of rotatable bonds is 9. The molecular formula is C28H28N4O4. The van der Waals surface area contributed by atoms with Crippen LogP contribution in [0, 0.1) is 17.2 Å². The lowest BCUT2D eigenvalue weighted by Gasteiger charge is -2.38. The van der Waals surface area contributed by atoms with Crippen LogP contribution in [0.5, 0.6) is 11.5 Å². The van der Waals surface area contributed by atoms with Crippen LogP contribution in [0.15, 0.2) is 48.7 Å². The van der Waals surface area contributed by atoms with E-state index in [9.17, 15) is 10.1 Å². The molecule has 0 bridgehead atoms. The standard InChI is InChI=1S/C28H28N4O4/c1-34-22-15-32(16-22)28(33)23-7-5-19(11-26(23)35-2)12-27-30-10-9-24(31-27)20-6-8-25(21(13-20)14-29)36-17-18-3-4-18/h5-11,13,18,22H,3-4,12,15-17H2,1-2H3. The van der Waals surface area contributed by atoms with Gasteiger partial charge in [0.2, 0.25) is 0 Å². The van der Waals surface area contributed by atoms with Gasteiger partial charge in [-0.2, -0.15) is 5.26 Å². The Morgan fingerprint density at radius 3 is 2.67 bits per heavy atom. The third kappa shape index (κ3) is 5.16. The molecule has 1 amide bonds. The number of likely N-dealkylation sites (tertiary alicyclic amines) is 1. The van der Waals surface area contributed by atoms with Gasteiger partial charge in [-0.05, 0) is 60.7 Å². The van der Waals surface area contributed by atoms with Crippen LogP contribution in [-0.2, 0) is 11.2 Å². The monoisotopic (exact) mass is 484 g/mol. The Morgan fingerprint density at radius 1 is 1.11 bits per heavy atom. The minimum absolute atomic E-state index is 0.0668. The first-order valence-corrected chi connectivity index (χ1v) is 12.1. The van der Waals surface area contributed by atoms with Crippen molar-refractivity contribution in [1.82, 2.24) is 14.9 Å². The summed E-state index contributed by atoms with van der Waals surface area (Å²) in [4.78, 5) is 23.7. The molecule has 0 atom stereocenters. The van der Waals surface area contributed by atoms with Gasteiger partial charge < -0.3 is 19.1 Å². The number of ether oxygens (including phenoxy) is 3. The van der Waals surface area contributed by atoms with Gasteiger partial charge in [-0.15, -0.1) is 0 Å². The number of carbonyl (C=O) groups is 1. The molecule has 0 radical (unpaired) electrons. The van der Waals surface area contributed by atoms with Gasteiger partial charge in [-0.3, -0.25) is 4.79 Å². The quantitative estimate of drug-likeness (QED) is 0.455. The summed E-state index contributed by atoms with van der Waals surface area (Å²) < 4.78 is 16.6. The highest BCUT2D eigenvalue weighted by molar-refractivity contribution is 5.97. The molecule has 1 aromatic heterocycles. The predicted octanol–water partition coefficient (Wildman–Crippen LogP) is 3.87. The SMILES string of the molecule is COc1cc(Cc2nccc(-c3ccc(OCC4CC4)c(C#N)c3)n2)ccc1C(=O)N1CC(OC)C1. The second-order valence-electron chi connectivity index (χ2n) is 9.21. The number of methoxy groups -OCH3 is 2. The molecule has 1 saturated heterocycles. The number of nitrogens with zero attached hydrogens (tertiary/aromatic N) is 4. The maximum Gasteiger partial charge on any atom is 0.257 e. The third-order valence-corrected chi connectivity index (χ3v) is 6.60. The molecule has 2 fully saturated rings. The van der Waals surface area contributed by atoms with Gasteiger partial charge in [0.05, 0.1) is 36.6 Å². The summed E-state index contributed by atoms with van der Waals surface area (Å²) >= 11 is 0. The fraction of sp³-hybridized carbons (Fsp3) is 0.357. The summed E-state index contributed by atoms with van der Waals surface area (Å²) in [5.41, 5.74) is 3.52. The van der Waals surface area contributed by atoms with Crippen LogP contribution in [0.4, 0.5) is 0 Å². The van der Waals surface area contributed by atoms with Gasteiger partial charge >= 0.3 is 0 Å². The van der Waals surface area contributed by atoms with Crippen molar-refractivity contribution >= 4 is 5.91 Å². The van der Waals surface area contributed by atoms with Crippen LogP contribution in [0.25, 0.3) is 11.3 Å². The summed E-state index contributed by atoms with van der Waals surface area (Å²) in [6.07, 6.45) is 4.68. The average molecular weight is 485 g/mol. The van der Waals surface area contributed by atoms with Crippen molar-refractivity contribution in [2.45, 2.75) is 25.4 Å². The van der Waals surface area contributed by atoms with E-state index in [2.05, 4.69) is 11.1 Å². The van der Waals surface area contributed by atoms with Crippen molar-refractivity contribution in [3.63, 3.8) is 0 Å². The molecule has 2 aliphatic rings. The maximum absolute atomic E-state index is 12.8. The van der Waals surface area contributed by atoms with Crippen molar-refractivity contribution < 1.29 is 19.0 Å². The summed E-state index contributed by atoms with van der Waals surface area (Å²) in [7, 11) is 3.22. The lowest BCUT2D eigenvalue weighted by atomic mass is 10.0. The molecule has 0 spiro atoms. The lowest BCUT2D eigenvalue weighted by Crippen LogP contribution is -2.54. The van der Waals surface area contributed by atoms with Gasteiger partial charge in [-0.25, -0.2) is 9.97 Å². The Hall–Kier alpha value is -3.96. The maximum atomic E-state index is 12.8. The number of aromatic nitrogens is 2. The van der Waals surface area contributed by atoms with Crippen molar-refractivity contribution in [3.05, 3.63) is 71.2 Å². The molecule has 1 aliphatic heterocycles. The molecule has 5 rings (SSSR count). The summed E-state index contributed by atoms with van der Waals surface area (Å²) in [6, 6.07) is 15.2. The van der Waals surface area contributed by atoms with E-state index in [1.807, 2.05) is 36.4 Å². The number of hydrogen-bond acceptors (Lipinski definition) is 7. The van der Waals surface area contributed by atoms with Gasteiger partial charge in [0, 0.05) is 38.4 Å². The van der Waals surface area contributed by atoms with Crippen LogP contribution in [0.3, 0.4) is 0 Å². The molecule has 2 aromatic carbocycles. The van der Waals surface area contributed by atoms with E-state index in [1.54, 1.807) is 31.4 Å². The normalized spacial score (nSPS) is 15.2. The Kier molecular flexibility index (Phi) is 6.83. The van der Waals surface area contributed by atoms with Crippen molar-refractivity contribution in [2.75, 3.05) is 33.9 Å². The van der Waals surface area contributed by atoms with E-state index < -0.39 is 0 Å². The van der Waals surface area contributed by atoms with E-state index in [0.29, 0.717) is 60.5 Å². The van der Waals surface area contributed by atoms with E-state index in [0.717, 1.165) is 16.8 Å². The van der Waals surface area contributed by atoms with E-state index >= 15 is 0 Å². The summed E-state index contributed by atoms with van der Waals surface area (Å²) in [6.45, 7) is 1.83.